The van der Waals surface area contributed by atoms with E-state index in [0.29, 0.717) is 0 Å². The number of aliphatic hydroxyl groups excluding tert-OH is 1. The summed E-state index contributed by atoms with van der Waals surface area (Å²) in [5.41, 5.74) is 0. The van der Waals surface area contributed by atoms with E-state index in [2.05, 4.69) is 17.6 Å². The molecule has 0 saturated carbocycles. The fourth-order valence-corrected chi connectivity index (χ4v) is 0.518. The molecule has 56 valence electrons. The lowest BCUT2D eigenvalue weighted by molar-refractivity contribution is 0.110. The lowest BCUT2D eigenvalue weighted by Crippen LogP contribution is -2.40. The van der Waals surface area contributed by atoms with Gasteiger partial charge in [0.1, 0.15) is 0 Å². The predicted octanol–water partition coefficient (Wildman–Crippen LogP) is -0.129. The van der Waals surface area contributed by atoms with Gasteiger partial charge in [0.2, 0.25) is 0 Å². The normalized spacial score (nSPS) is 13.7. The average molecular weight is 132 g/mol. The summed E-state index contributed by atoms with van der Waals surface area (Å²) in [5.74, 6) is 0. The third kappa shape index (κ3) is 5.76. The number of unbranched alkanes of at least 4 members (excludes halogenated alkanes) is 1. The monoisotopic (exact) mass is 132 g/mol. The van der Waals surface area contributed by atoms with Crippen LogP contribution in [0.4, 0.5) is 0 Å². The topological polar surface area (TPSA) is 44.3 Å². The van der Waals surface area contributed by atoms with E-state index in [1.54, 1.807) is 7.05 Å². The maximum atomic E-state index is 8.86. The molecular weight excluding hydrogens is 116 g/mol. The highest BCUT2D eigenvalue weighted by atomic mass is 16.3. The Labute approximate surface area is 56.5 Å². The molecule has 3 heteroatoms. The molecule has 0 aliphatic rings. The summed E-state index contributed by atoms with van der Waals surface area (Å²) < 4.78 is 0. The minimum absolute atomic E-state index is 0.545. The first-order valence-electron chi connectivity index (χ1n) is 3.40. The minimum atomic E-state index is -0.545. The molecule has 0 bridgehead atoms. The molecule has 0 aliphatic heterocycles. The van der Waals surface area contributed by atoms with E-state index >= 15 is 0 Å². The molecule has 3 nitrogen and oxygen atoms in total. The second-order valence-electron chi connectivity index (χ2n) is 2.00. The highest BCUT2D eigenvalue weighted by Crippen LogP contribution is 1.81. The second-order valence-corrected chi connectivity index (χ2v) is 2.00. The molecule has 0 rings (SSSR count). The summed E-state index contributed by atoms with van der Waals surface area (Å²) in [6, 6.07) is 0. The molecule has 0 amide bonds. The molecule has 0 spiro atoms. The van der Waals surface area contributed by atoms with Crippen molar-refractivity contribution in [2.75, 3.05) is 13.6 Å². The van der Waals surface area contributed by atoms with Gasteiger partial charge < -0.3 is 5.11 Å². The number of nitrogens with one attached hydrogen (secondary N) is 2. The predicted molar refractivity (Wildman–Crippen MR) is 38.0 cm³/mol. The van der Waals surface area contributed by atoms with Gasteiger partial charge in [-0.25, -0.2) is 0 Å². The van der Waals surface area contributed by atoms with Gasteiger partial charge in [-0.15, -0.1) is 0 Å². The fraction of sp³-hybridized carbons (Fsp3) is 1.00. The molecule has 0 aromatic rings. The van der Waals surface area contributed by atoms with Crippen LogP contribution in [-0.4, -0.2) is 25.1 Å². The van der Waals surface area contributed by atoms with Crippen molar-refractivity contribution < 1.29 is 5.11 Å². The largest absolute Gasteiger partial charge is 0.365 e. The molecule has 0 saturated heterocycles. The molecule has 0 aliphatic carbocycles. The Kier molecular flexibility index (Phi) is 5.93. The van der Waals surface area contributed by atoms with Crippen molar-refractivity contribution in [1.82, 2.24) is 10.6 Å². The Morgan fingerprint density at radius 2 is 2.22 bits per heavy atom. The molecule has 0 aromatic carbocycles. The summed E-state index contributed by atoms with van der Waals surface area (Å²) >= 11 is 0. The Balaban J connectivity index is 2.88. The molecule has 9 heavy (non-hydrogen) atoms. The summed E-state index contributed by atoms with van der Waals surface area (Å²) in [6.07, 6.45) is 1.72. The lowest BCUT2D eigenvalue weighted by atomic mass is 10.3. The van der Waals surface area contributed by atoms with E-state index in [1.165, 1.54) is 0 Å². The number of hydrogen-bond acceptors (Lipinski definition) is 3. The molecule has 0 heterocycles. The van der Waals surface area contributed by atoms with Gasteiger partial charge in [-0.05, 0) is 20.0 Å². The van der Waals surface area contributed by atoms with Crippen molar-refractivity contribution in [2.45, 2.75) is 26.1 Å². The lowest BCUT2D eigenvalue weighted by Gasteiger charge is -2.09. The van der Waals surface area contributed by atoms with E-state index in [9.17, 15) is 0 Å². The Bertz CT molecular complexity index is 59.0. The zero-order valence-electron chi connectivity index (χ0n) is 6.15. The fourth-order valence-electron chi connectivity index (χ4n) is 0.518. The molecular formula is C6H16N2O. The van der Waals surface area contributed by atoms with Crippen molar-refractivity contribution in [1.29, 1.82) is 0 Å². The highest BCUT2D eigenvalue weighted by Gasteiger charge is 1.93. The van der Waals surface area contributed by atoms with Crippen molar-refractivity contribution in [2.24, 2.45) is 0 Å². The van der Waals surface area contributed by atoms with Gasteiger partial charge in [0.25, 0.3) is 0 Å². The SMILES string of the molecule is CCCCNC(O)NC. The molecule has 0 radical (unpaired) electrons. The van der Waals surface area contributed by atoms with Crippen LogP contribution in [0.15, 0.2) is 0 Å². The van der Waals surface area contributed by atoms with Crippen molar-refractivity contribution >= 4 is 0 Å². The number of aliphatic hydroxyl groups is 1. The van der Waals surface area contributed by atoms with Crippen LogP contribution in [0.5, 0.6) is 0 Å². The average Bonchev–Trinajstić information content (AvgIpc) is 1.89. The first kappa shape index (κ1) is 8.88. The van der Waals surface area contributed by atoms with Crippen LogP contribution < -0.4 is 10.6 Å². The van der Waals surface area contributed by atoms with Gasteiger partial charge in [0, 0.05) is 0 Å². The molecule has 0 fully saturated rings. The number of hydrogen-bond donors (Lipinski definition) is 3. The minimum Gasteiger partial charge on any atom is -0.365 e. The maximum Gasteiger partial charge on any atom is 0.160 e. The second kappa shape index (κ2) is 6.01. The van der Waals surface area contributed by atoms with Gasteiger partial charge in [0.05, 0.1) is 0 Å². The first-order valence-corrected chi connectivity index (χ1v) is 3.40. The first-order chi connectivity index (χ1) is 4.31. The van der Waals surface area contributed by atoms with Crippen LogP contribution in [0, 0.1) is 0 Å². The van der Waals surface area contributed by atoms with Gasteiger partial charge in [-0.2, -0.15) is 0 Å². The molecule has 1 unspecified atom stereocenters. The van der Waals surface area contributed by atoms with Crippen LogP contribution in [-0.2, 0) is 0 Å². The summed E-state index contributed by atoms with van der Waals surface area (Å²) in [6.45, 7) is 2.99. The molecule has 0 aromatic heterocycles. The Hall–Kier alpha value is -0.120. The Morgan fingerprint density at radius 3 is 2.67 bits per heavy atom. The number of rotatable bonds is 5. The summed E-state index contributed by atoms with van der Waals surface area (Å²) in [5, 5.41) is 14.4. The summed E-state index contributed by atoms with van der Waals surface area (Å²) in [7, 11) is 1.71. The van der Waals surface area contributed by atoms with Gasteiger partial charge in [-0.1, -0.05) is 13.3 Å². The quantitative estimate of drug-likeness (QED) is 0.361. The van der Waals surface area contributed by atoms with E-state index in [0.717, 1.165) is 19.4 Å². The summed E-state index contributed by atoms with van der Waals surface area (Å²) in [4.78, 5) is 0. The van der Waals surface area contributed by atoms with Crippen molar-refractivity contribution in [3.8, 4) is 0 Å². The van der Waals surface area contributed by atoms with Crippen LogP contribution >= 0.6 is 0 Å². The van der Waals surface area contributed by atoms with Crippen LogP contribution in [0.1, 0.15) is 19.8 Å². The highest BCUT2D eigenvalue weighted by molar-refractivity contribution is 4.46. The Morgan fingerprint density at radius 1 is 1.56 bits per heavy atom. The van der Waals surface area contributed by atoms with E-state index in [4.69, 9.17) is 5.11 Å². The maximum absolute atomic E-state index is 8.86. The molecule has 3 N–H and O–H groups in total. The third-order valence-electron chi connectivity index (χ3n) is 1.14. The van der Waals surface area contributed by atoms with E-state index in [-0.39, 0.29) is 0 Å². The smallest absolute Gasteiger partial charge is 0.160 e. The van der Waals surface area contributed by atoms with Crippen LogP contribution in [0.25, 0.3) is 0 Å². The van der Waals surface area contributed by atoms with Crippen molar-refractivity contribution in [3.63, 3.8) is 0 Å². The third-order valence-corrected chi connectivity index (χ3v) is 1.14. The standard InChI is InChI=1S/C6H16N2O/c1-3-4-5-8-6(9)7-2/h6-9H,3-5H2,1-2H3. The van der Waals surface area contributed by atoms with Crippen LogP contribution in [0.2, 0.25) is 0 Å². The van der Waals surface area contributed by atoms with E-state index in [1.807, 2.05) is 0 Å². The van der Waals surface area contributed by atoms with Gasteiger partial charge >= 0.3 is 0 Å². The van der Waals surface area contributed by atoms with Gasteiger partial charge in [-0.3, -0.25) is 10.6 Å². The van der Waals surface area contributed by atoms with Gasteiger partial charge in [0.15, 0.2) is 6.35 Å². The molecule has 1 atom stereocenters. The van der Waals surface area contributed by atoms with Crippen LogP contribution in [0.3, 0.4) is 0 Å². The zero-order valence-corrected chi connectivity index (χ0v) is 6.15. The van der Waals surface area contributed by atoms with E-state index < -0.39 is 6.35 Å². The van der Waals surface area contributed by atoms with Crippen molar-refractivity contribution in [3.05, 3.63) is 0 Å². The zero-order chi connectivity index (χ0) is 7.11.